The number of ether oxygens (including phenoxy) is 1. The van der Waals surface area contributed by atoms with E-state index < -0.39 is 0 Å². The van der Waals surface area contributed by atoms with E-state index in [2.05, 4.69) is 29.5 Å². The van der Waals surface area contributed by atoms with E-state index in [1.807, 2.05) is 18.2 Å². The zero-order valence-electron chi connectivity index (χ0n) is 19.6. The van der Waals surface area contributed by atoms with Crippen molar-refractivity contribution in [1.29, 1.82) is 0 Å². The molecule has 7 nitrogen and oxygen atoms in total. The number of carbonyl (C=O) groups is 1. The highest BCUT2D eigenvalue weighted by atomic mass is 32.1. The van der Waals surface area contributed by atoms with E-state index in [-0.39, 0.29) is 16.8 Å². The first-order valence-electron chi connectivity index (χ1n) is 11.5. The van der Waals surface area contributed by atoms with Crippen molar-refractivity contribution in [2.75, 3.05) is 11.9 Å². The van der Waals surface area contributed by atoms with Crippen LogP contribution in [0.2, 0.25) is 0 Å². The molecule has 4 aromatic rings. The number of hydrogen-bond acceptors (Lipinski definition) is 6. The fraction of sp³-hybridized carbons (Fsp3) is 0.222. The molecule has 0 saturated carbocycles. The molecule has 0 unspecified atom stereocenters. The first-order valence-corrected chi connectivity index (χ1v) is 12.0. The second-order valence-corrected chi connectivity index (χ2v) is 8.45. The molecule has 1 heterocycles. The van der Waals surface area contributed by atoms with Crippen LogP contribution in [0.3, 0.4) is 0 Å². The summed E-state index contributed by atoms with van der Waals surface area (Å²) in [5, 5.41) is 16.2. The Balaban J connectivity index is 1.43. The summed E-state index contributed by atoms with van der Waals surface area (Å²) in [6.07, 6.45) is 2.93. The second kappa shape index (κ2) is 11.0. The summed E-state index contributed by atoms with van der Waals surface area (Å²) < 4.78 is 11.5. The van der Waals surface area contributed by atoms with Crippen LogP contribution in [0, 0.1) is 0 Å². The Hall–Kier alpha value is -3.91. The lowest BCUT2D eigenvalue weighted by molar-refractivity contribution is 0.0977. The molecule has 0 aliphatic carbocycles. The number of phenols is 1. The Labute approximate surface area is 209 Å². The second-order valence-electron chi connectivity index (χ2n) is 8.04. The SMILES string of the molecule is CCCCOc1ccc(C(=O)NC(=S)Nc2ccc(O)c(-c3nc4cc(CC)ccc4o3)c2)cc1. The molecule has 1 aromatic heterocycles. The Bertz CT molecular complexity index is 1350. The van der Waals surface area contributed by atoms with Gasteiger partial charge in [-0.2, -0.15) is 0 Å². The van der Waals surface area contributed by atoms with Crippen LogP contribution >= 0.6 is 12.2 Å². The minimum Gasteiger partial charge on any atom is -0.507 e. The lowest BCUT2D eigenvalue weighted by atomic mass is 10.1. The van der Waals surface area contributed by atoms with Gasteiger partial charge in [0.1, 0.15) is 17.0 Å². The molecule has 0 saturated heterocycles. The third kappa shape index (κ3) is 5.96. The van der Waals surface area contributed by atoms with Crippen molar-refractivity contribution in [2.24, 2.45) is 0 Å². The summed E-state index contributed by atoms with van der Waals surface area (Å²) in [4.78, 5) is 17.1. The van der Waals surface area contributed by atoms with Crippen molar-refractivity contribution >= 4 is 40.0 Å². The molecule has 35 heavy (non-hydrogen) atoms. The molecule has 0 fully saturated rings. The average molecular weight is 490 g/mol. The van der Waals surface area contributed by atoms with Gasteiger partial charge >= 0.3 is 0 Å². The van der Waals surface area contributed by atoms with Gasteiger partial charge in [-0.1, -0.05) is 26.3 Å². The number of aryl methyl sites for hydroxylation is 1. The zero-order chi connectivity index (χ0) is 24.8. The Morgan fingerprint density at radius 3 is 2.63 bits per heavy atom. The fourth-order valence-corrected chi connectivity index (χ4v) is 3.68. The summed E-state index contributed by atoms with van der Waals surface area (Å²) >= 11 is 5.31. The molecule has 0 aliphatic rings. The maximum atomic E-state index is 12.6. The van der Waals surface area contributed by atoms with E-state index >= 15 is 0 Å². The largest absolute Gasteiger partial charge is 0.507 e. The van der Waals surface area contributed by atoms with Crippen LogP contribution in [-0.2, 0) is 6.42 Å². The number of hydrogen-bond donors (Lipinski definition) is 3. The monoisotopic (exact) mass is 489 g/mol. The number of oxazole rings is 1. The van der Waals surface area contributed by atoms with Crippen molar-refractivity contribution in [3.05, 3.63) is 71.8 Å². The van der Waals surface area contributed by atoms with Gasteiger partial charge in [-0.25, -0.2) is 4.98 Å². The van der Waals surface area contributed by atoms with Gasteiger partial charge in [0.15, 0.2) is 10.7 Å². The highest BCUT2D eigenvalue weighted by molar-refractivity contribution is 7.80. The fourth-order valence-electron chi connectivity index (χ4n) is 3.47. The van der Waals surface area contributed by atoms with E-state index in [0.29, 0.717) is 34.9 Å². The van der Waals surface area contributed by atoms with Gasteiger partial charge in [-0.15, -0.1) is 0 Å². The standard InChI is InChI=1S/C27H27N3O4S/c1-3-5-14-33-20-10-7-18(8-11-20)25(32)30-27(35)28-19-9-12-23(31)21(16-19)26-29-22-15-17(4-2)6-13-24(22)34-26/h6-13,15-16,31H,3-5,14H2,1-2H3,(H2,28,30,32,35). The molecule has 1 amide bonds. The summed E-state index contributed by atoms with van der Waals surface area (Å²) in [7, 11) is 0. The molecule has 3 aromatic carbocycles. The number of rotatable bonds is 8. The van der Waals surface area contributed by atoms with Gasteiger partial charge in [-0.3, -0.25) is 10.1 Å². The Morgan fingerprint density at radius 2 is 1.89 bits per heavy atom. The molecule has 0 bridgehead atoms. The van der Waals surface area contributed by atoms with E-state index in [9.17, 15) is 9.90 Å². The highest BCUT2D eigenvalue weighted by Crippen LogP contribution is 2.33. The number of phenolic OH excluding ortho intramolecular Hbond substituents is 1. The predicted octanol–water partition coefficient (Wildman–Crippen LogP) is 6.07. The molecule has 3 N–H and O–H groups in total. The lowest BCUT2D eigenvalue weighted by Gasteiger charge is -2.11. The number of carbonyl (C=O) groups excluding carboxylic acids is 1. The molecule has 8 heteroatoms. The van der Waals surface area contributed by atoms with Crippen LogP contribution in [-0.4, -0.2) is 27.7 Å². The zero-order valence-corrected chi connectivity index (χ0v) is 20.4. The molecule has 0 atom stereocenters. The van der Waals surface area contributed by atoms with Crippen molar-refractivity contribution in [3.8, 4) is 23.0 Å². The Kier molecular flexibility index (Phi) is 7.62. The summed E-state index contributed by atoms with van der Waals surface area (Å²) in [6.45, 7) is 4.82. The number of nitrogens with zero attached hydrogens (tertiary/aromatic N) is 1. The third-order valence-electron chi connectivity index (χ3n) is 5.46. The molecule has 0 aliphatic heterocycles. The molecule has 0 spiro atoms. The minimum atomic E-state index is -0.340. The first kappa shape index (κ1) is 24.2. The van der Waals surface area contributed by atoms with Crippen LogP contribution in [0.5, 0.6) is 11.5 Å². The number of thiocarbonyl (C=S) groups is 1. The summed E-state index contributed by atoms with van der Waals surface area (Å²) in [6, 6.07) is 17.6. The van der Waals surface area contributed by atoms with Crippen LogP contribution in [0.15, 0.2) is 65.1 Å². The van der Waals surface area contributed by atoms with Gasteiger partial charge < -0.3 is 19.6 Å². The van der Waals surface area contributed by atoms with E-state index in [0.717, 1.165) is 36.1 Å². The van der Waals surface area contributed by atoms with Crippen LogP contribution in [0.1, 0.15) is 42.6 Å². The smallest absolute Gasteiger partial charge is 0.257 e. The predicted molar refractivity (Wildman–Crippen MR) is 141 cm³/mol. The Morgan fingerprint density at radius 1 is 1.09 bits per heavy atom. The topological polar surface area (TPSA) is 96.6 Å². The van der Waals surface area contributed by atoms with Gasteiger partial charge in [0.25, 0.3) is 5.91 Å². The van der Waals surface area contributed by atoms with Crippen molar-refractivity contribution in [3.63, 3.8) is 0 Å². The molecule has 180 valence electrons. The number of benzene rings is 3. The van der Waals surface area contributed by atoms with Crippen molar-refractivity contribution in [1.82, 2.24) is 10.3 Å². The van der Waals surface area contributed by atoms with Crippen LogP contribution in [0.4, 0.5) is 5.69 Å². The number of fused-ring (bicyclic) bond motifs is 1. The summed E-state index contributed by atoms with van der Waals surface area (Å²) in [5.74, 6) is 0.698. The van der Waals surface area contributed by atoms with Crippen molar-refractivity contribution < 1.29 is 19.1 Å². The number of aromatic nitrogens is 1. The average Bonchev–Trinajstić information content (AvgIpc) is 3.28. The normalized spacial score (nSPS) is 10.8. The number of aromatic hydroxyl groups is 1. The number of nitrogens with one attached hydrogen (secondary N) is 2. The van der Waals surface area contributed by atoms with Gasteiger partial charge in [-0.05, 0) is 85.2 Å². The van der Waals surface area contributed by atoms with Crippen molar-refractivity contribution in [2.45, 2.75) is 33.1 Å². The first-order chi connectivity index (χ1) is 17.0. The molecule has 0 radical (unpaired) electrons. The van der Waals surface area contributed by atoms with Gasteiger partial charge in [0.05, 0.1) is 12.2 Å². The lowest BCUT2D eigenvalue weighted by Crippen LogP contribution is -2.34. The van der Waals surface area contributed by atoms with Crippen LogP contribution in [0.25, 0.3) is 22.6 Å². The van der Waals surface area contributed by atoms with E-state index in [4.69, 9.17) is 21.4 Å². The third-order valence-corrected chi connectivity index (χ3v) is 5.66. The number of amides is 1. The molecule has 4 rings (SSSR count). The van der Waals surface area contributed by atoms with E-state index in [1.54, 1.807) is 36.4 Å². The maximum absolute atomic E-state index is 12.6. The van der Waals surface area contributed by atoms with Gasteiger partial charge in [0.2, 0.25) is 5.89 Å². The maximum Gasteiger partial charge on any atom is 0.257 e. The quantitative estimate of drug-likeness (QED) is 0.157. The highest BCUT2D eigenvalue weighted by Gasteiger charge is 2.15. The number of anilines is 1. The van der Waals surface area contributed by atoms with Crippen LogP contribution < -0.4 is 15.4 Å². The number of unbranched alkanes of at least 4 members (excludes halogenated alkanes) is 1. The van der Waals surface area contributed by atoms with E-state index in [1.165, 1.54) is 6.07 Å². The molecular weight excluding hydrogens is 462 g/mol. The minimum absolute atomic E-state index is 0.0222. The van der Waals surface area contributed by atoms with Gasteiger partial charge in [0, 0.05) is 11.3 Å². The molecular formula is C27H27N3O4S. The summed E-state index contributed by atoms with van der Waals surface area (Å²) in [5.41, 5.74) is 3.95.